The summed E-state index contributed by atoms with van der Waals surface area (Å²) in [5, 5.41) is 17.9. The Morgan fingerprint density at radius 3 is 1.79 bits per heavy atom. The Labute approximate surface area is 117 Å². The fourth-order valence-corrected chi connectivity index (χ4v) is 3.07. The lowest BCUT2D eigenvalue weighted by atomic mass is 9.83. The summed E-state index contributed by atoms with van der Waals surface area (Å²) in [5.41, 5.74) is 11.0. The van der Waals surface area contributed by atoms with Gasteiger partial charge in [-0.25, -0.2) is 0 Å². The van der Waals surface area contributed by atoms with E-state index in [1.807, 2.05) is 0 Å². The van der Waals surface area contributed by atoms with E-state index in [-0.39, 0.29) is 12.1 Å². The first-order chi connectivity index (χ1) is 9.07. The van der Waals surface area contributed by atoms with Crippen LogP contribution in [-0.4, -0.2) is 28.6 Å². The third-order valence-corrected chi connectivity index (χ3v) is 4.55. The highest BCUT2D eigenvalue weighted by atomic mass is 16.3. The molecule has 0 heterocycles. The molecular weight excluding hydrogens is 240 g/mol. The van der Waals surface area contributed by atoms with Crippen LogP contribution >= 0.6 is 0 Å². The van der Waals surface area contributed by atoms with E-state index in [1.54, 1.807) is 0 Å². The fourth-order valence-electron chi connectivity index (χ4n) is 3.07. The van der Waals surface area contributed by atoms with E-state index in [0.717, 1.165) is 25.7 Å². The maximum absolute atomic E-state index is 9.08. The molecule has 19 heavy (non-hydrogen) atoms. The molecule has 0 saturated heterocycles. The van der Waals surface area contributed by atoms with Crippen molar-refractivity contribution in [2.75, 3.05) is 6.61 Å². The van der Waals surface area contributed by atoms with Crippen molar-refractivity contribution < 1.29 is 10.2 Å². The second kappa shape index (κ2) is 8.90. The Hall–Kier alpha value is -0.160. The molecule has 2 aliphatic carbocycles. The topological polar surface area (TPSA) is 92.5 Å². The summed E-state index contributed by atoms with van der Waals surface area (Å²) in [6.07, 6.45) is 12.5. The molecule has 6 N–H and O–H groups in total. The minimum Gasteiger partial charge on any atom is -0.394 e. The van der Waals surface area contributed by atoms with Gasteiger partial charge in [-0.2, -0.15) is 0 Å². The molecule has 1 atom stereocenters. The van der Waals surface area contributed by atoms with Crippen LogP contribution in [0.2, 0.25) is 0 Å². The highest BCUT2D eigenvalue weighted by Crippen LogP contribution is 2.25. The monoisotopic (exact) mass is 272 g/mol. The molecule has 0 bridgehead atoms. The standard InChI is InChI=1S/C8H17NO.C7H15NO/c9-8(10)7-5-3-1-2-4-6-7;8-7(6-9)4-2-1-3-5-7/h7-8,10H,1-6,9H2;9H,1-6,8H2. The van der Waals surface area contributed by atoms with Crippen molar-refractivity contribution in [3.8, 4) is 0 Å². The molecule has 0 radical (unpaired) electrons. The van der Waals surface area contributed by atoms with Gasteiger partial charge in [-0.05, 0) is 31.6 Å². The summed E-state index contributed by atoms with van der Waals surface area (Å²) in [7, 11) is 0. The van der Waals surface area contributed by atoms with E-state index in [1.165, 1.54) is 44.9 Å². The first kappa shape index (κ1) is 16.9. The van der Waals surface area contributed by atoms with E-state index in [2.05, 4.69) is 0 Å². The molecule has 0 aromatic heterocycles. The third-order valence-electron chi connectivity index (χ3n) is 4.55. The van der Waals surface area contributed by atoms with E-state index >= 15 is 0 Å². The number of rotatable bonds is 2. The smallest absolute Gasteiger partial charge is 0.105 e. The zero-order chi connectivity index (χ0) is 14.1. The van der Waals surface area contributed by atoms with Crippen LogP contribution in [-0.2, 0) is 0 Å². The molecule has 0 amide bonds. The molecule has 0 aromatic rings. The maximum Gasteiger partial charge on any atom is 0.105 e. The predicted molar refractivity (Wildman–Crippen MR) is 78.5 cm³/mol. The molecule has 2 aliphatic rings. The van der Waals surface area contributed by atoms with Gasteiger partial charge in [0.05, 0.1) is 6.61 Å². The van der Waals surface area contributed by atoms with Gasteiger partial charge in [-0.15, -0.1) is 0 Å². The Balaban J connectivity index is 0.000000191. The summed E-state index contributed by atoms with van der Waals surface area (Å²) in [5.74, 6) is 0.377. The average molecular weight is 272 g/mol. The lowest BCUT2D eigenvalue weighted by Gasteiger charge is -2.30. The van der Waals surface area contributed by atoms with Crippen molar-refractivity contribution >= 4 is 0 Å². The van der Waals surface area contributed by atoms with Crippen LogP contribution in [0, 0.1) is 5.92 Å². The normalized spacial score (nSPS) is 25.9. The number of aliphatic hydroxyl groups excluding tert-OH is 2. The number of aliphatic hydroxyl groups is 2. The van der Waals surface area contributed by atoms with Crippen LogP contribution in [0.15, 0.2) is 0 Å². The average Bonchev–Trinajstić information content (AvgIpc) is 2.69. The molecule has 2 saturated carbocycles. The largest absolute Gasteiger partial charge is 0.394 e. The van der Waals surface area contributed by atoms with Gasteiger partial charge in [-0.1, -0.05) is 44.9 Å². The van der Waals surface area contributed by atoms with Crippen molar-refractivity contribution in [1.82, 2.24) is 0 Å². The second-order valence-electron chi connectivity index (χ2n) is 6.32. The summed E-state index contributed by atoms with van der Waals surface area (Å²) in [6.45, 7) is 0.160. The zero-order valence-corrected chi connectivity index (χ0v) is 12.2. The summed E-state index contributed by atoms with van der Waals surface area (Å²) < 4.78 is 0. The summed E-state index contributed by atoms with van der Waals surface area (Å²) in [6, 6.07) is 0. The van der Waals surface area contributed by atoms with Gasteiger partial charge in [0.15, 0.2) is 0 Å². The molecular formula is C15H32N2O2. The van der Waals surface area contributed by atoms with Crippen molar-refractivity contribution in [3.05, 3.63) is 0 Å². The van der Waals surface area contributed by atoms with Gasteiger partial charge in [0.25, 0.3) is 0 Å². The number of hydrogen-bond donors (Lipinski definition) is 4. The van der Waals surface area contributed by atoms with Crippen LogP contribution in [0.5, 0.6) is 0 Å². The first-order valence-electron chi connectivity index (χ1n) is 7.91. The molecule has 4 nitrogen and oxygen atoms in total. The summed E-state index contributed by atoms with van der Waals surface area (Å²) in [4.78, 5) is 0. The Kier molecular flexibility index (Phi) is 7.91. The van der Waals surface area contributed by atoms with Gasteiger partial charge >= 0.3 is 0 Å². The molecule has 0 aromatic carbocycles. The van der Waals surface area contributed by atoms with Crippen LogP contribution in [0.4, 0.5) is 0 Å². The highest BCUT2D eigenvalue weighted by Gasteiger charge is 2.25. The van der Waals surface area contributed by atoms with E-state index < -0.39 is 6.23 Å². The molecule has 1 unspecified atom stereocenters. The Morgan fingerprint density at radius 1 is 0.947 bits per heavy atom. The highest BCUT2D eigenvalue weighted by molar-refractivity contribution is 4.85. The lowest BCUT2D eigenvalue weighted by molar-refractivity contribution is 0.105. The quantitative estimate of drug-likeness (QED) is 0.456. The first-order valence-corrected chi connectivity index (χ1v) is 7.91. The fraction of sp³-hybridized carbons (Fsp3) is 1.00. The van der Waals surface area contributed by atoms with Gasteiger partial charge in [0.2, 0.25) is 0 Å². The Morgan fingerprint density at radius 2 is 1.42 bits per heavy atom. The third kappa shape index (κ3) is 6.70. The van der Waals surface area contributed by atoms with E-state index in [9.17, 15) is 0 Å². The van der Waals surface area contributed by atoms with Crippen molar-refractivity contribution in [3.63, 3.8) is 0 Å². The maximum atomic E-state index is 9.08. The Bertz CT molecular complexity index is 220. The van der Waals surface area contributed by atoms with E-state index in [0.29, 0.717) is 5.92 Å². The van der Waals surface area contributed by atoms with Crippen molar-refractivity contribution in [2.45, 2.75) is 82.4 Å². The molecule has 0 spiro atoms. The molecule has 4 heteroatoms. The van der Waals surface area contributed by atoms with Gasteiger partial charge in [-0.3, -0.25) is 0 Å². The van der Waals surface area contributed by atoms with Gasteiger partial charge < -0.3 is 21.7 Å². The van der Waals surface area contributed by atoms with Crippen molar-refractivity contribution in [2.24, 2.45) is 17.4 Å². The zero-order valence-electron chi connectivity index (χ0n) is 12.2. The van der Waals surface area contributed by atoms with Crippen LogP contribution in [0.25, 0.3) is 0 Å². The van der Waals surface area contributed by atoms with Crippen LogP contribution < -0.4 is 11.5 Å². The minimum atomic E-state index is -0.571. The lowest BCUT2D eigenvalue weighted by Crippen LogP contribution is -2.45. The van der Waals surface area contributed by atoms with Gasteiger partial charge in [0, 0.05) is 5.54 Å². The number of nitrogens with two attached hydrogens (primary N) is 2. The molecule has 114 valence electrons. The van der Waals surface area contributed by atoms with Crippen LogP contribution in [0.3, 0.4) is 0 Å². The predicted octanol–water partition coefficient (Wildman–Crippen LogP) is 1.87. The van der Waals surface area contributed by atoms with Crippen molar-refractivity contribution in [1.29, 1.82) is 0 Å². The molecule has 0 aliphatic heterocycles. The van der Waals surface area contributed by atoms with Crippen LogP contribution in [0.1, 0.15) is 70.6 Å². The summed E-state index contributed by atoms with van der Waals surface area (Å²) >= 11 is 0. The minimum absolute atomic E-state index is 0.160. The molecule has 2 rings (SSSR count). The van der Waals surface area contributed by atoms with Gasteiger partial charge in [0.1, 0.15) is 6.23 Å². The number of hydrogen-bond acceptors (Lipinski definition) is 4. The SMILES string of the molecule is NC(O)C1CCCCCC1.NC1(CO)CCCCC1. The van der Waals surface area contributed by atoms with E-state index in [4.69, 9.17) is 21.7 Å². The second-order valence-corrected chi connectivity index (χ2v) is 6.32. The molecule has 2 fully saturated rings.